The van der Waals surface area contributed by atoms with E-state index in [-0.39, 0.29) is 18.4 Å². The van der Waals surface area contributed by atoms with Gasteiger partial charge in [0, 0.05) is 6.54 Å². The molecule has 2 rings (SSSR count). The van der Waals surface area contributed by atoms with Crippen molar-refractivity contribution in [3.63, 3.8) is 0 Å². The number of amides is 2. The Morgan fingerprint density at radius 3 is 2.13 bits per heavy atom. The smallest absolute Gasteiger partial charge is 0.408 e. The molecule has 0 aliphatic carbocycles. The van der Waals surface area contributed by atoms with Gasteiger partial charge in [-0.15, -0.1) is 0 Å². The second kappa shape index (κ2) is 13.1. The normalized spacial score (nSPS) is 12.3. The Hall–Kier alpha value is -3.35. The summed E-state index contributed by atoms with van der Waals surface area (Å²) in [4.78, 5) is 36.6. The lowest BCUT2D eigenvalue weighted by Crippen LogP contribution is -2.47. The van der Waals surface area contributed by atoms with Crippen molar-refractivity contribution in [1.82, 2.24) is 10.6 Å². The van der Waals surface area contributed by atoms with E-state index in [0.29, 0.717) is 19.4 Å². The van der Waals surface area contributed by atoms with Crippen molar-refractivity contribution in [2.75, 3.05) is 13.2 Å². The molecule has 0 spiro atoms. The summed E-state index contributed by atoms with van der Waals surface area (Å²) in [6.45, 7) is 3.86. The number of carbonyl (C=O) groups excluding carboxylic acids is 3. The molecular weight excluding hydrogens is 396 g/mol. The van der Waals surface area contributed by atoms with Crippen LogP contribution in [0.4, 0.5) is 4.79 Å². The summed E-state index contributed by atoms with van der Waals surface area (Å²) in [5, 5.41) is 5.28. The lowest BCUT2D eigenvalue weighted by Gasteiger charge is -2.22. The van der Waals surface area contributed by atoms with Crippen molar-refractivity contribution in [1.29, 1.82) is 0 Å². The Morgan fingerprint density at radius 1 is 0.903 bits per heavy atom. The maximum Gasteiger partial charge on any atom is 0.408 e. The summed E-state index contributed by atoms with van der Waals surface area (Å²) in [7, 11) is 0. The van der Waals surface area contributed by atoms with E-state index in [2.05, 4.69) is 10.6 Å². The van der Waals surface area contributed by atoms with Crippen LogP contribution in [-0.2, 0) is 32.1 Å². The second-order valence-corrected chi connectivity index (χ2v) is 7.26. The van der Waals surface area contributed by atoms with Gasteiger partial charge in [0.15, 0.2) is 6.61 Å². The number of esters is 1. The van der Waals surface area contributed by atoms with Crippen LogP contribution in [0, 0.1) is 5.92 Å². The van der Waals surface area contributed by atoms with Crippen LogP contribution in [0.5, 0.6) is 0 Å². The Labute approximate surface area is 183 Å². The fourth-order valence-electron chi connectivity index (χ4n) is 2.83. The molecule has 0 aliphatic rings. The third-order valence-corrected chi connectivity index (χ3v) is 4.88. The highest BCUT2D eigenvalue weighted by Gasteiger charge is 2.28. The number of hydrogen-bond acceptors (Lipinski definition) is 5. The molecule has 2 aromatic rings. The van der Waals surface area contributed by atoms with Gasteiger partial charge < -0.3 is 20.1 Å². The van der Waals surface area contributed by atoms with Gasteiger partial charge in [-0.2, -0.15) is 0 Å². The molecular formula is C24H30N2O5. The van der Waals surface area contributed by atoms with Crippen LogP contribution in [0.1, 0.15) is 31.4 Å². The molecule has 0 bridgehead atoms. The van der Waals surface area contributed by atoms with E-state index < -0.39 is 24.7 Å². The largest absolute Gasteiger partial charge is 0.454 e. The van der Waals surface area contributed by atoms with Gasteiger partial charge >= 0.3 is 12.1 Å². The average Bonchev–Trinajstić information content (AvgIpc) is 2.80. The van der Waals surface area contributed by atoms with E-state index in [1.807, 2.05) is 74.5 Å². The SMILES string of the molecule is CC[C@H](C)[C@H](NC(=O)OCc1ccccc1)C(=O)OCC(=O)NCCc1ccccc1. The van der Waals surface area contributed by atoms with E-state index in [0.717, 1.165) is 11.1 Å². The van der Waals surface area contributed by atoms with E-state index >= 15 is 0 Å². The fraction of sp³-hybridized carbons (Fsp3) is 0.375. The molecule has 0 aliphatic heterocycles. The first-order valence-electron chi connectivity index (χ1n) is 10.4. The maximum atomic E-state index is 12.5. The Kier molecular flexibility index (Phi) is 10.1. The standard InChI is InChI=1S/C24H30N2O5/c1-3-18(2)22(26-24(29)31-16-20-12-8-5-9-13-20)23(28)30-17-21(27)25-15-14-19-10-6-4-7-11-19/h4-13,18,22H,3,14-17H2,1-2H3,(H,25,27)(H,26,29)/t18-,22-/m0/s1. The first kappa shape index (κ1) is 23.9. The third-order valence-electron chi connectivity index (χ3n) is 4.88. The number of nitrogens with one attached hydrogen (secondary N) is 2. The molecule has 2 atom stereocenters. The van der Waals surface area contributed by atoms with Crippen molar-refractivity contribution >= 4 is 18.0 Å². The first-order chi connectivity index (χ1) is 15.0. The van der Waals surface area contributed by atoms with Gasteiger partial charge in [-0.25, -0.2) is 9.59 Å². The molecule has 2 aromatic carbocycles. The van der Waals surface area contributed by atoms with Gasteiger partial charge in [0.2, 0.25) is 0 Å². The maximum absolute atomic E-state index is 12.5. The molecule has 7 nitrogen and oxygen atoms in total. The quantitative estimate of drug-likeness (QED) is 0.538. The Balaban J connectivity index is 1.76. The summed E-state index contributed by atoms with van der Waals surface area (Å²) in [6, 6.07) is 18.1. The minimum absolute atomic E-state index is 0.0960. The molecule has 0 unspecified atom stereocenters. The highest BCUT2D eigenvalue weighted by atomic mass is 16.6. The van der Waals surface area contributed by atoms with Crippen molar-refractivity contribution in [2.45, 2.75) is 39.3 Å². The van der Waals surface area contributed by atoms with Crippen molar-refractivity contribution in [3.05, 3.63) is 71.8 Å². The first-order valence-corrected chi connectivity index (χ1v) is 10.4. The third kappa shape index (κ3) is 8.90. The molecule has 166 valence electrons. The van der Waals surface area contributed by atoms with Crippen molar-refractivity contribution in [3.8, 4) is 0 Å². The monoisotopic (exact) mass is 426 g/mol. The summed E-state index contributed by atoms with van der Waals surface area (Å²) in [6.07, 6.45) is 0.616. The molecule has 0 saturated heterocycles. The topological polar surface area (TPSA) is 93.7 Å². The zero-order valence-electron chi connectivity index (χ0n) is 18.0. The second-order valence-electron chi connectivity index (χ2n) is 7.26. The van der Waals surface area contributed by atoms with Crippen molar-refractivity contribution < 1.29 is 23.9 Å². The number of ether oxygens (including phenoxy) is 2. The number of hydrogen-bond donors (Lipinski definition) is 2. The van der Waals surface area contributed by atoms with Crippen LogP contribution in [0.15, 0.2) is 60.7 Å². The fourth-order valence-corrected chi connectivity index (χ4v) is 2.83. The molecule has 0 radical (unpaired) electrons. The van der Waals surface area contributed by atoms with Gasteiger partial charge in [0.25, 0.3) is 5.91 Å². The molecule has 7 heteroatoms. The average molecular weight is 427 g/mol. The molecule has 0 fully saturated rings. The molecule has 2 amide bonds. The summed E-state index contributed by atoms with van der Waals surface area (Å²) in [5.41, 5.74) is 1.95. The predicted molar refractivity (Wildman–Crippen MR) is 117 cm³/mol. The van der Waals surface area contributed by atoms with E-state index in [1.54, 1.807) is 0 Å². The van der Waals surface area contributed by atoms with Gasteiger partial charge in [-0.05, 0) is 23.5 Å². The summed E-state index contributed by atoms with van der Waals surface area (Å²) < 4.78 is 10.3. The highest BCUT2D eigenvalue weighted by Crippen LogP contribution is 2.10. The lowest BCUT2D eigenvalue weighted by atomic mass is 9.99. The van der Waals surface area contributed by atoms with E-state index in [1.165, 1.54) is 0 Å². The predicted octanol–water partition coefficient (Wildman–Crippen LogP) is 3.23. The minimum atomic E-state index is -0.898. The van der Waals surface area contributed by atoms with Crippen LogP contribution in [0.3, 0.4) is 0 Å². The summed E-state index contributed by atoms with van der Waals surface area (Å²) in [5.74, 6) is -1.24. The van der Waals surface area contributed by atoms with Crippen molar-refractivity contribution in [2.24, 2.45) is 5.92 Å². The lowest BCUT2D eigenvalue weighted by molar-refractivity contribution is -0.151. The van der Waals surface area contributed by atoms with E-state index in [4.69, 9.17) is 9.47 Å². The van der Waals surface area contributed by atoms with Gasteiger partial charge in [0.1, 0.15) is 12.6 Å². The van der Waals surface area contributed by atoms with Gasteiger partial charge in [-0.3, -0.25) is 4.79 Å². The summed E-state index contributed by atoms with van der Waals surface area (Å²) >= 11 is 0. The number of benzene rings is 2. The minimum Gasteiger partial charge on any atom is -0.454 e. The molecule has 0 heterocycles. The van der Waals surface area contributed by atoms with Gasteiger partial charge in [0.05, 0.1) is 0 Å². The molecule has 31 heavy (non-hydrogen) atoms. The highest BCUT2D eigenvalue weighted by molar-refractivity contribution is 5.84. The molecule has 0 aromatic heterocycles. The molecule has 2 N–H and O–H groups in total. The van der Waals surface area contributed by atoms with E-state index in [9.17, 15) is 14.4 Å². The number of rotatable bonds is 11. The van der Waals surface area contributed by atoms with Crippen LogP contribution in [0.2, 0.25) is 0 Å². The Bertz CT molecular complexity index is 826. The van der Waals surface area contributed by atoms with Gasteiger partial charge in [-0.1, -0.05) is 80.9 Å². The number of carbonyl (C=O) groups is 3. The number of alkyl carbamates (subject to hydrolysis) is 1. The molecule has 0 saturated carbocycles. The Morgan fingerprint density at radius 2 is 1.52 bits per heavy atom. The zero-order chi connectivity index (χ0) is 22.5. The zero-order valence-corrected chi connectivity index (χ0v) is 18.0. The van der Waals surface area contributed by atoms with Crippen LogP contribution < -0.4 is 10.6 Å². The van der Waals surface area contributed by atoms with Crippen LogP contribution >= 0.6 is 0 Å². The van der Waals surface area contributed by atoms with Crippen LogP contribution in [0.25, 0.3) is 0 Å². The van der Waals surface area contributed by atoms with Crippen LogP contribution in [-0.4, -0.2) is 37.2 Å².